The van der Waals surface area contributed by atoms with Gasteiger partial charge in [0.25, 0.3) is 0 Å². The predicted molar refractivity (Wildman–Crippen MR) is 254 cm³/mol. The molecule has 0 saturated heterocycles. The van der Waals surface area contributed by atoms with Crippen molar-refractivity contribution in [2.75, 3.05) is 6.54 Å². The van der Waals surface area contributed by atoms with E-state index >= 15 is 0 Å². The number of hydrogen-bond donors (Lipinski definition) is 6. The summed E-state index contributed by atoms with van der Waals surface area (Å²) in [6.45, 7) is 11.3. The number of halogens is 1. The second-order valence-corrected chi connectivity index (χ2v) is 18.6. The SMILES string of the molecule is CC(C)(C)OC(=O)NCCCC[C@H](NC(=O)[C@H](Cc1ccc(OCc2ccccc2)cc1)NC(=O)OC(C)(C)C)C(=O)N[C@@H](Cc1c[nH]c2c(Br)cccc12)C(=O)NCc1ccccc1. The number of unbranched alkanes of at least 4 members (excludes halogenated alkanes) is 1. The molecule has 5 aromatic rings. The maximum atomic E-state index is 14.5. The first-order valence-electron chi connectivity index (χ1n) is 21.8. The van der Waals surface area contributed by atoms with Gasteiger partial charge in [-0.3, -0.25) is 14.4 Å². The molecule has 0 spiro atoms. The van der Waals surface area contributed by atoms with Gasteiger partial charge in [-0.1, -0.05) is 84.9 Å². The minimum Gasteiger partial charge on any atom is -0.489 e. The molecule has 346 valence electrons. The molecule has 0 fully saturated rings. The molecule has 4 aromatic carbocycles. The summed E-state index contributed by atoms with van der Waals surface area (Å²) >= 11 is 3.58. The van der Waals surface area contributed by atoms with Crippen molar-refractivity contribution in [2.24, 2.45) is 0 Å². The number of carbonyl (C=O) groups excluding carboxylic acids is 5. The molecule has 14 nitrogen and oxygen atoms in total. The van der Waals surface area contributed by atoms with Crippen molar-refractivity contribution in [3.8, 4) is 5.75 Å². The molecule has 0 aliphatic heterocycles. The number of ether oxygens (including phenoxy) is 3. The number of amides is 5. The molecule has 1 aromatic heterocycles. The van der Waals surface area contributed by atoms with Gasteiger partial charge in [0.05, 0.1) is 5.52 Å². The minimum absolute atomic E-state index is 0.0544. The molecule has 3 atom stereocenters. The Hall–Kier alpha value is -6.35. The average Bonchev–Trinajstić information content (AvgIpc) is 3.67. The van der Waals surface area contributed by atoms with Crippen molar-refractivity contribution in [1.29, 1.82) is 0 Å². The highest BCUT2D eigenvalue weighted by Gasteiger charge is 2.31. The number of para-hydroxylation sites is 1. The Morgan fingerprint density at radius 3 is 1.86 bits per heavy atom. The van der Waals surface area contributed by atoms with Crippen LogP contribution in [0.25, 0.3) is 10.9 Å². The monoisotopic (exact) mass is 952 g/mol. The number of nitrogens with one attached hydrogen (secondary N) is 6. The normalized spacial score (nSPS) is 12.8. The van der Waals surface area contributed by atoms with Crippen LogP contribution < -0.4 is 31.3 Å². The van der Waals surface area contributed by atoms with Crippen LogP contribution in [0.3, 0.4) is 0 Å². The van der Waals surface area contributed by atoms with Gasteiger partial charge in [0, 0.05) is 42.0 Å². The lowest BCUT2D eigenvalue weighted by Gasteiger charge is -2.27. The second-order valence-electron chi connectivity index (χ2n) is 17.8. The summed E-state index contributed by atoms with van der Waals surface area (Å²) in [7, 11) is 0. The van der Waals surface area contributed by atoms with Crippen LogP contribution in [0.1, 0.15) is 83.1 Å². The number of alkyl carbamates (subject to hydrolysis) is 2. The lowest BCUT2D eigenvalue weighted by Crippen LogP contribution is -2.57. The van der Waals surface area contributed by atoms with E-state index in [1.165, 1.54) is 0 Å². The van der Waals surface area contributed by atoms with Crippen molar-refractivity contribution < 1.29 is 38.2 Å². The maximum Gasteiger partial charge on any atom is 0.408 e. The third kappa shape index (κ3) is 16.9. The molecule has 1 heterocycles. The molecule has 0 radical (unpaired) electrons. The number of hydrogen-bond acceptors (Lipinski definition) is 8. The molecule has 15 heteroatoms. The smallest absolute Gasteiger partial charge is 0.408 e. The number of aromatic amines is 1. The second kappa shape index (κ2) is 23.5. The highest BCUT2D eigenvalue weighted by Crippen LogP contribution is 2.26. The van der Waals surface area contributed by atoms with Crippen molar-refractivity contribution >= 4 is 56.7 Å². The van der Waals surface area contributed by atoms with E-state index < -0.39 is 59.2 Å². The van der Waals surface area contributed by atoms with Gasteiger partial charge in [0.1, 0.15) is 41.7 Å². The van der Waals surface area contributed by atoms with Gasteiger partial charge in [0.2, 0.25) is 17.7 Å². The van der Waals surface area contributed by atoms with Gasteiger partial charge in [-0.25, -0.2) is 9.59 Å². The number of aromatic nitrogens is 1. The highest BCUT2D eigenvalue weighted by atomic mass is 79.9. The number of fused-ring (bicyclic) bond motifs is 1. The first-order valence-corrected chi connectivity index (χ1v) is 22.6. The largest absolute Gasteiger partial charge is 0.489 e. The highest BCUT2D eigenvalue weighted by molar-refractivity contribution is 9.10. The Morgan fingerprint density at radius 2 is 1.20 bits per heavy atom. The summed E-state index contributed by atoms with van der Waals surface area (Å²) in [5.41, 5.74) is 2.72. The van der Waals surface area contributed by atoms with Gasteiger partial charge in [-0.15, -0.1) is 0 Å². The number of H-pyrrole nitrogens is 1. The summed E-state index contributed by atoms with van der Waals surface area (Å²) in [4.78, 5) is 71.7. The van der Waals surface area contributed by atoms with Crippen molar-refractivity contribution in [3.05, 3.63) is 136 Å². The Morgan fingerprint density at radius 1 is 0.600 bits per heavy atom. The quantitative estimate of drug-likeness (QED) is 0.0422. The number of benzene rings is 4. The molecular formula is C50H61BrN6O8. The van der Waals surface area contributed by atoms with Crippen molar-refractivity contribution in [3.63, 3.8) is 0 Å². The summed E-state index contributed by atoms with van der Waals surface area (Å²) < 4.78 is 17.7. The molecule has 5 rings (SSSR count). The number of rotatable bonds is 20. The van der Waals surface area contributed by atoms with Crippen molar-refractivity contribution in [2.45, 2.75) is 116 Å². The Balaban J connectivity index is 1.37. The van der Waals surface area contributed by atoms with Crippen molar-refractivity contribution in [1.82, 2.24) is 31.6 Å². The molecule has 0 bridgehead atoms. The predicted octanol–water partition coefficient (Wildman–Crippen LogP) is 8.17. The molecule has 0 saturated carbocycles. The lowest BCUT2D eigenvalue weighted by molar-refractivity contribution is -0.132. The van der Waals surface area contributed by atoms with E-state index in [-0.39, 0.29) is 32.4 Å². The van der Waals surface area contributed by atoms with Crippen LogP contribution in [0.4, 0.5) is 9.59 Å². The zero-order valence-electron chi connectivity index (χ0n) is 37.9. The lowest BCUT2D eigenvalue weighted by atomic mass is 10.0. The maximum absolute atomic E-state index is 14.5. The third-order valence-corrected chi connectivity index (χ3v) is 10.6. The first kappa shape index (κ1) is 49.7. The molecular weight excluding hydrogens is 892 g/mol. The Labute approximate surface area is 389 Å². The van der Waals surface area contributed by atoms with E-state index in [1.54, 1.807) is 65.8 Å². The standard InChI is InChI=1S/C50H61BrN6O8/c1-49(2,3)64-47(61)52-27-14-13-22-40(45(59)56-42(44(58)54-30-34-16-9-7-10-17-34)29-36-31-53-43-38(36)20-15-21-39(43)51)55-46(60)41(57-48(62)65-50(4,5)6)28-33-23-25-37(26-24-33)63-32-35-18-11-8-12-19-35/h7-12,15-21,23-26,31,40-42,53H,13-14,22,27-30,32H2,1-6H3,(H,52,61)(H,54,58)(H,55,60)(H,56,59)(H,57,62)/t40-,41-,42-/m0/s1. The van der Waals surface area contributed by atoms with Crippen LogP contribution in [0, 0.1) is 0 Å². The Bertz CT molecular complexity index is 2340. The van der Waals surface area contributed by atoms with E-state index in [0.29, 0.717) is 30.8 Å². The van der Waals surface area contributed by atoms with E-state index in [2.05, 4.69) is 47.5 Å². The van der Waals surface area contributed by atoms with E-state index in [9.17, 15) is 24.0 Å². The zero-order chi connectivity index (χ0) is 47.0. The summed E-state index contributed by atoms with van der Waals surface area (Å²) in [6, 6.07) is 28.8. The summed E-state index contributed by atoms with van der Waals surface area (Å²) in [6.07, 6.45) is 1.60. The summed E-state index contributed by atoms with van der Waals surface area (Å²) in [5, 5.41) is 15.1. The molecule has 65 heavy (non-hydrogen) atoms. The van der Waals surface area contributed by atoms with E-state index in [0.717, 1.165) is 32.1 Å². The van der Waals surface area contributed by atoms with E-state index in [1.807, 2.05) is 85.1 Å². The fourth-order valence-corrected chi connectivity index (χ4v) is 7.31. The first-order chi connectivity index (χ1) is 30.9. The van der Waals surface area contributed by atoms with E-state index in [4.69, 9.17) is 14.2 Å². The summed E-state index contributed by atoms with van der Waals surface area (Å²) in [5.74, 6) is -1.03. The fraction of sp³-hybridized carbons (Fsp3) is 0.380. The molecule has 5 amide bonds. The van der Waals surface area contributed by atoms with Crippen LogP contribution >= 0.6 is 15.9 Å². The van der Waals surface area contributed by atoms with Crippen LogP contribution in [-0.4, -0.2) is 70.8 Å². The molecule has 0 aliphatic rings. The molecule has 0 unspecified atom stereocenters. The Kier molecular flexibility index (Phi) is 18.0. The topological polar surface area (TPSA) is 189 Å². The van der Waals surface area contributed by atoms with Crippen LogP contribution in [0.2, 0.25) is 0 Å². The van der Waals surface area contributed by atoms with Crippen LogP contribution in [0.5, 0.6) is 5.75 Å². The van der Waals surface area contributed by atoms with Gasteiger partial charge in [0.15, 0.2) is 0 Å². The molecule has 6 N–H and O–H groups in total. The minimum atomic E-state index is -1.17. The third-order valence-electron chi connectivity index (χ3n) is 9.96. The van der Waals surface area contributed by atoms with Crippen LogP contribution in [0.15, 0.2) is 114 Å². The van der Waals surface area contributed by atoms with Gasteiger partial charge in [-0.05, 0) is 117 Å². The molecule has 0 aliphatic carbocycles. The number of carbonyl (C=O) groups is 5. The fourth-order valence-electron chi connectivity index (χ4n) is 6.83. The van der Waals surface area contributed by atoms with Gasteiger partial charge >= 0.3 is 12.2 Å². The van der Waals surface area contributed by atoms with Crippen LogP contribution in [-0.2, 0) is 49.9 Å². The van der Waals surface area contributed by atoms with Gasteiger partial charge in [-0.2, -0.15) is 0 Å². The average molecular weight is 954 g/mol. The zero-order valence-corrected chi connectivity index (χ0v) is 39.5. The van der Waals surface area contributed by atoms with Gasteiger partial charge < -0.3 is 45.8 Å².